The number of rotatable bonds is 6. The van der Waals surface area contributed by atoms with Gasteiger partial charge in [0.05, 0.1) is 0 Å². The van der Waals surface area contributed by atoms with Crippen LogP contribution in [-0.2, 0) is 4.79 Å². The van der Waals surface area contributed by atoms with Crippen molar-refractivity contribution in [3.8, 4) is 0 Å². The Bertz CT molecular complexity index is 520. The Kier molecular flexibility index (Phi) is 6.44. The number of amides is 2. The van der Waals surface area contributed by atoms with Crippen LogP contribution in [0.15, 0.2) is 24.3 Å². The molecule has 5 nitrogen and oxygen atoms in total. The Labute approximate surface area is 138 Å². The van der Waals surface area contributed by atoms with Crippen molar-refractivity contribution >= 4 is 17.5 Å². The summed E-state index contributed by atoms with van der Waals surface area (Å²) in [5.74, 6) is 0.189. The molecule has 1 aliphatic carbocycles. The average molecular weight is 317 g/mol. The summed E-state index contributed by atoms with van der Waals surface area (Å²) in [5.41, 5.74) is 1.69. The molecular weight excluding hydrogens is 290 g/mol. The van der Waals surface area contributed by atoms with Gasteiger partial charge in [-0.25, -0.2) is 0 Å². The molecule has 1 aromatic rings. The average Bonchev–Trinajstić information content (AvgIpc) is 2.59. The summed E-state index contributed by atoms with van der Waals surface area (Å²) in [7, 11) is 3.92. The van der Waals surface area contributed by atoms with Crippen molar-refractivity contribution in [3.05, 3.63) is 29.8 Å². The second-order valence-corrected chi connectivity index (χ2v) is 6.32. The minimum atomic E-state index is -0.109. The number of hydrogen-bond acceptors (Lipinski definition) is 3. The first-order chi connectivity index (χ1) is 11.1. The number of benzene rings is 1. The monoisotopic (exact) mass is 317 g/mol. The molecule has 2 rings (SSSR count). The van der Waals surface area contributed by atoms with Gasteiger partial charge in [0.15, 0.2) is 0 Å². The van der Waals surface area contributed by atoms with Crippen LogP contribution in [0.1, 0.15) is 42.5 Å². The lowest BCUT2D eigenvalue weighted by atomic mass is 9.89. The summed E-state index contributed by atoms with van der Waals surface area (Å²) >= 11 is 0. The number of nitrogens with zero attached hydrogens (tertiary/aromatic N) is 1. The smallest absolute Gasteiger partial charge is 0.251 e. The highest BCUT2D eigenvalue weighted by Crippen LogP contribution is 2.23. The van der Waals surface area contributed by atoms with Crippen LogP contribution in [0.25, 0.3) is 0 Å². The molecule has 0 heterocycles. The second-order valence-electron chi connectivity index (χ2n) is 6.32. The molecule has 1 fully saturated rings. The third kappa shape index (κ3) is 5.27. The zero-order chi connectivity index (χ0) is 16.7. The molecule has 2 amide bonds. The fraction of sp³-hybridized carbons (Fsp3) is 0.556. The predicted octanol–water partition coefficient (Wildman–Crippen LogP) is 2.18. The topological polar surface area (TPSA) is 61.4 Å². The maximum absolute atomic E-state index is 12.0. The van der Waals surface area contributed by atoms with Crippen molar-refractivity contribution in [2.24, 2.45) is 5.92 Å². The highest BCUT2D eigenvalue weighted by molar-refractivity contribution is 5.94. The van der Waals surface area contributed by atoms with Gasteiger partial charge in [-0.05, 0) is 37.1 Å². The van der Waals surface area contributed by atoms with Gasteiger partial charge in [-0.3, -0.25) is 9.59 Å². The maximum atomic E-state index is 12.0. The minimum absolute atomic E-state index is 0.109. The quantitative estimate of drug-likeness (QED) is 0.791. The van der Waals surface area contributed by atoms with Gasteiger partial charge in [0.25, 0.3) is 5.91 Å². The van der Waals surface area contributed by atoms with E-state index >= 15 is 0 Å². The molecule has 126 valence electrons. The summed E-state index contributed by atoms with van der Waals surface area (Å²) in [6, 6.07) is 7.45. The molecule has 0 radical (unpaired) electrons. The van der Waals surface area contributed by atoms with Crippen molar-refractivity contribution in [1.29, 1.82) is 0 Å². The Hall–Kier alpha value is -2.04. The normalized spacial score (nSPS) is 15.0. The highest BCUT2D eigenvalue weighted by atomic mass is 16.2. The van der Waals surface area contributed by atoms with Crippen molar-refractivity contribution < 1.29 is 9.59 Å². The third-order valence-corrected chi connectivity index (χ3v) is 4.33. The van der Waals surface area contributed by atoms with E-state index in [-0.39, 0.29) is 17.7 Å². The summed E-state index contributed by atoms with van der Waals surface area (Å²) in [6.45, 7) is 0.934. The number of carbonyl (C=O) groups excluding carboxylic acids is 2. The van der Waals surface area contributed by atoms with Crippen LogP contribution < -0.4 is 15.5 Å². The zero-order valence-corrected chi connectivity index (χ0v) is 14.1. The number of hydrogen-bond donors (Lipinski definition) is 2. The van der Waals surface area contributed by atoms with E-state index in [1.165, 1.54) is 6.42 Å². The second kappa shape index (κ2) is 8.56. The van der Waals surface area contributed by atoms with E-state index in [2.05, 4.69) is 10.6 Å². The molecule has 0 saturated heterocycles. The first-order valence-corrected chi connectivity index (χ1v) is 8.41. The minimum Gasteiger partial charge on any atom is -0.378 e. The molecular formula is C18H27N3O2. The van der Waals surface area contributed by atoms with Gasteiger partial charge in [-0.15, -0.1) is 0 Å². The Morgan fingerprint density at radius 1 is 1.00 bits per heavy atom. The van der Waals surface area contributed by atoms with Crippen LogP contribution in [-0.4, -0.2) is 39.0 Å². The largest absolute Gasteiger partial charge is 0.378 e. The first-order valence-electron chi connectivity index (χ1n) is 8.41. The zero-order valence-electron chi connectivity index (χ0n) is 14.1. The summed E-state index contributed by atoms with van der Waals surface area (Å²) in [6.07, 6.45) is 5.54. The molecule has 1 saturated carbocycles. The SMILES string of the molecule is CN(C)c1ccc(C(=O)NCCNC(=O)C2CCCCC2)cc1. The Balaban J connectivity index is 1.69. The number of anilines is 1. The van der Waals surface area contributed by atoms with E-state index < -0.39 is 0 Å². The van der Waals surface area contributed by atoms with Gasteiger partial charge in [0.1, 0.15) is 0 Å². The third-order valence-electron chi connectivity index (χ3n) is 4.33. The van der Waals surface area contributed by atoms with E-state index in [0.29, 0.717) is 18.7 Å². The molecule has 2 N–H and O–H groups in total. The van der Waals surface area contributed by atoms with Crippen molar-refractivity contribution in [3.63, 3.8) is 0 Å². The van der Waals surface area contributed by atoms with Crippen LogP contribution in [0, 0.1) is 5.92 Å². The van der Waals surface area contributed by atoms with Crippen LogP contribution in [0.4, 0.5) is 5.69 Å². The molecule has 0 aliphatic heterocycles. The Morgan fingerprint density at radius 3 is 2.22 bits per heavy atom. The van der Waals surface area contributed by atoms with E-state index in [9.17, 15) is 9.59 Å². The number of nitrogens with one attached hydrogen (secondary N) is 2. The first kappa shape index (κ1) is 17.3. The fourth-order valence-electron chi connectivity index (χ4n) is 2.88. The molecule has 0 atom stereocenters. The van der Waals surface area contributed by atoms with Crippen molar-refractivity contribution in [1.82, 2.24) is 10.6 Å². The molecule has 0 spiro atoms. The fourth-order valence-corrected chi connectivity index (χ4v) is 2.88. The molecule has 5 heteroatoms. The summed E-state index contributed by atoms with van der Waals surface area (Å²) < 4.78 is 0. The van der Waals surface area contributed by atoms with Crippen molar-refractivity contribution in [2.45, 2.75) is 32.1 Å². The van der Waals surface area contributed by atoms with Crippen LogP contribution in [0.3, 0.4) is 0 Å². The van der Waals surface area contributed by atoms with Gasteiger partial charge >= 0.3 is 0 Å². The molecule has 0 aromatic heterocycles. The highest BCUT2D eigenvalue weighted by Gasteiger charge is 2.20. The lowest BCUT2D eigenvalue weighted by molar-refractivity contribution is -0.125. The molecule has 0 bridgehead atoms. The van der Waals surface area contributed by atoms with Gasteiger partial charge in [-0.1, -0.05) is 19.3 Å². The maximum Gasteiger partial charge on any atom is 0.251 e. The van der Waals surface area contributed by atoms with Gasteiger partial charge in [0, 0.05) is 44.4 Å². The molecule has 0 unspecified atom stereocenters. The van der Waals surface area contributed by atoms with E-state index in [1.54, 1.807) is 0 Å². The Morgan fingerprint density at radius 2 is 1.61 bits per heavy atom. The van der Waals surface area contributed by atoms with Gasteiger partial charge in [-0.2, -0.15) is 0 Å². The van der Waals surface area contributed by atoms with Crippen LogP contribution in [0.5, 0.6) is 0 Å². The lowest BCUT2D eigenvalue weighted by Gasteiger charge is -2.20. The molecule has 1 aromatic carbocycles. The van der Waals surface area contributed by atoms with E-state index in [4.69, 9.17) is 0 Å². The predicted molar refractivity (Wildman–Crippen MR) is 92.7 cm³/mol. The summed E-state index contributed by atoms with van der Waals surface area (Å²) in [5, 5.41) is 5.76. The standard InChI is InChI=1S/C18H27N3O2/c1-21(2)16-10-8-15(9-11-16)18(23)20-13-12-19-17(22)14-6-4-3-5-7-14/h8-11,14H,3-7,12-13H2,1-2H3,(H,19,22)(H,20,23). The molecule has 23 heavy (non-hydrogen) atoms. The van der Waals surface area contributed by atoms with Crippen molar-refractivity contribution in [2.75, 3.05) is 32.1 Å². The van der Waals surface area contributed by atoms with Gasteiger partial charge in [0.2, 0.25) is 5.91 Å². The van der Waals surface area contributed by atoms with Crippen LogP contribution >= 0.6 is 0 Å². The summed E-state index contributed by atoms with van der Waals surface area (Å²) in [4.78, 5) is 26.0. The lowest BCUT2D eigenvalue weighted by Crippen LogP contribution is -2.38. The van der Waals surface area contributed by atoms with Gasteiger partial charge < -0.3 is 15.5 Å². The van der Waals surface area contributed by atoms with E-state index in [1.807, 2.05) is 43.3 Å². The van der Waals surface area contributed by atoms with Crippen LogP contribution in [0.2, 0.25) is 0 Å². The molecule has 1 aliphatic rings. The number of carbonyl (C=O) groups is 2. The van der Waals surface area contributed by atoms with E-state index in [0.717, 1.165) is 31.4 Å².